The summed E-state index contributed by atoms with van der Waals surface area (Å²) in [7, 11) is 0. The van der Waals surface area contributed by atoms with Crippen molar-refractivity contribution in [3.05, 3.63) is 0 Å². The summed E-state index contributed by atoms with van der Waals surface area (Å²) >= 11 is 0. The van der Waals surface area contributed by atoms with Crippen LogP contribution in [0.15, 0.2) is 0 Å². The molecule has 2 atom stereocenters. The minimum Gasteiger partial charge on any atom is -0.338 e. The fraction of sp³-hybridized carbons (Fsp3) is 0.947. The Kier molecular flexibility index (Phi) is 7.71. The second-order valence-corrected chi connectivity index (χ2v) is 7.55. The van der Waals surface area contributed by atoms with E-state index >= 15 is 0 Å². The predicted molar refractivity (Wildman–Crippen MR) is 92.9 cm³/mol. The second kappa shape index (κ2) is 9.54. The summed E-state index contributed by atoms with van der Waals surface area (Å²) in [4.78, 5) is 17.5. The van der Waals surface area contributed by atoms with Gasteiger partial charge < -0.3 is 9.80 Å². The van der Waals surface area contributed by atoms with Crippen molar-refractivity contribution in [1.29, 1.82) is 0 Å². The first kappa shape index (κ1) is 17.8. The first-order valence-corrected chi connectivity index (χ1v) is 9.72. The van der Waals surface area contributed by atoms with Crippen molar-refractivity contribution < 1.29 is 4.79 Å². The van der Waals surface area contributed by atoms with Gasteiger partial charge in [-0.05, 0) is 51.1 Å². The average molecular weight is 309 g/mol. The molecule has 3 nitrogen and oxygen atoms in total. The van der Waals surface area contributed by atoms with Crippen LogP contribution in [0.4, 0.5) is 0 Å². The lowest BCUT2D eigenvalue weighted by Crippen LogP contribution is -2.49. The number of unbranched alkanes of at least 4 members (excludes halogenated alkanes) is 2. The van der Waals surface area contributed by atoms with E-state index < -0.39 is 0 Å². The van der Waals surface area contributed by atoms with Crippen LogP contribution in [0.1, 0.15) is 78.1 Å². The summed E-state index contributed by atoms with van der Waals surface area (Å²) in [5.74, 6) is 0.973. The third kappa shape index (κ3) is 5.57. The van der Waals surface area contributed by atoms with Crippen LogP contribution in [-0.2, 0) is 4.79 Å². The Hall–Kier alpha value is -0.570. The van der Waals surface area contributed by atoms with Crippen molar-refractivity contribution in [1.82, 2.24) is 9.80 Å². The van der Waals surface area contributed by atoms with Crippen LogP contribution in [0.5, 0.6) is 0 Å². The molecule has 2 saturated heterocycles. The number of nitrogens with zero attached hydrogens (tertiary/aromatic N) is 2. The SMILES string of the molecule is CCCCCC(C)CC(=O)N1CCCCC1CN1CCCC1. The summed E-state index contributed by atoms with van der Waals surface area (Å²) in [5, 5.41) is 0. The van der Waals surface area contributed by atoms with E-state index in [0.717, 1.165) is 19.5 Å². The second-order valence-electron chi connectivity index (χ2n) is 7.55. The summed E-state index contributed by atoms with van der Waals surface area (Å²) in [6.45, 7) is 9.10. The molecule has 0 aromatic rings. The molecule has 2 rings (SSSR count). The molecule has 2 fully saturated rings. The van der Waals surface area contributed by atoms with E-state index in [1.54, 1.807) is 0 Å². The zero-order chi connectivity index (χ0) is 15.8. The fourth-order valence-corrected chi connectivity index (χ4v) is 4.04. The quantitative estimate of drug-likeness (QED) is 0.631. The molecule has 2 aliphatic rings. The molecule has 1 amide bonds. The molecule has 22 heavy (non-hydrogen) atoms. The number of rotatable bonds is 8. The third-order valence-electron chi connectivity index (χ3n) is 5.44. The van der Waals surface area contributed by atoms with E-state index in [-0.39, 0.29) is 0 Å². The van der Waals surface area contributed by atoms with Gasteiger partial charge >= 0.3 is 0 Å². The Morgan fingerprint density at radius 3 is 2.55 bits per heavy atom. The van der Waals surface area contributed by atoms with E-state index in [1.807, 2.05) is 0 Å². The van der Waals surface area contributed by atoms with Crippen molar-refractivity contribution in [2.45, 2.75) is 84.1 Å². The van der Waals surface area contributed by atoms with Crippen LogP contribution in [0.2, 0.25) is 0 Å². The molecule has 0 radical (unpaired) electrons. The molecule has 0 aromatic carbocycles. The molecule has 3 heteroatoms. The van der Waals surface area contributed by atoms with Gasteiger partial charge in [0.15, 0.2) is 0 Å². The molecule has 0 spiro atoms. The lowest BCUT2D eigenvalue weighted by Gasteiger charge is -2.38. The Morgan fingerprint density at radius 1 is 1.09 bits per heavy atom. The van der Waals surface area contributed by atoms with Gasteiger partial charge in [-0.25, -0.2) is 0 Å². The maximum Gasteiger partial charge on any atom is 0.223 e. The van der Waals surface area contributed by atoms with Crippen LogP contribution < -0.4 is 0 Å². The molecular formula is C19H36N2O. The summed E-state index contributed by atoms with van der Waals surface area (Å²) < 4.78 is 0. The molecule has 0 N–H and O–H groups in total. The maximum absolute atomic E-state index is 12.7. The van der Waals surface area contributed by atoms with E-state index in [0.29, 0.717) is 17.9 Å². The van der Waals surface area contributed by atoms with Crippen LogP contribution in [0, 0.1) is 5.92 Å². The highest BCUT2D eigenvalue weighted by Gasteiger charge is 2.29. The van der Waals surface area contributed by atoms with E-state index in [4.69, 9.17) is 0 Å². The topological polar surface area (TPSA) is 23.6 Å². The molecule has 0 saturated carbocycles. The largest absolute Gasteiger partial charge is 0.338 e. The monoisotopic (exact) mass is 308 g/mol. The first-order valence-electron chi connectivity index (χ1n) is 9.72. The summed E-state index contributed by atoms with van der Waals surface area (Å²) in [6, 6.07) is 0.488. The van der Waals surface area contributed by atoms with Gasteiger partial charge in [0.2, 0.25) is 5.91 Å². The van der Waals surface area contributed by atoms with Crippen molar-refractivity contribution in [2.75, 3.05) is 26.2 Å². The van der Waals surface area contributed by atoms with Crippen LogP contribution in [0.3, 0.4) is 0 Å². The predicted octanol–water partition coefficient (Wildman–Crippen LogP) is 4.07. The Balaban J connectivity index is 1.79. The minimum absolute atomic E-state index is 0.424. The van der Waals surface area contributed by atoms with Gasteiger partial charge in [-0.1, -0.05) is 39.5 Å². The number of hydrogen-bond donors (Lipinski definition) is 0. The molecule has 0 bridgehead atoms. The highest BCUT2D eigenvalue weighted by atomic mass is 16.2. The minimum atomic E-state index is 0.424. The molecule has 128 valence electrons. The lowest BCUT2D eigenvalue weighted by atomic mass is 9.96. The van der Waals surface area contributed by atoms with Gasteiger partial charge in [0.25, 0.3) is 0 Å². The van der Waals surface area contributed by atoms with E-state index in [1.165, 1.54) is 70.9 Å². The number of carbonyl (C=O) groups excluding carboxylic acids is 1. The van der Waals surface area contributed by atoms with Gasteiger partial charge in [0.05, 0.1) is 0 Å². The molecule has 2 heterocycles. The molecule has 2 unspecified atom stereocenters. The Bertz CT molecular complexity index is 325. The van der Waals surface area contributed by atoms with Gasteiger partial charge in [-0.2, -0.15) is 0 Å². The molecule has 0 aliphatic carbocycles. The standard InChI is InChI=1S/C19H36N2O/c1-3-4-5-10-17(2)15-19(22)21-14-7-6-11-18(21)16-20-12-8-9-13-20/h17-18H,3-16H2,1-2H3. The Morgan fingerprint density at radius 2 is 1.82 bits per heavy atom. The number of amides is 1. The van der Waals surface area contributed by atoms with Crippen LogP contribution in [0.25, 0.3) is 0 Å². The van der Waals surface area contributed by atoms with E-state index in [9.17, 15) is 4.79 Å². The van der Waals surface area contributed by atoms with Crippen molar-refractivity contribution in [3.63, 3.8) is 0 Å². The number of carbonyl (C=O) groups is 1. The first-order chi connectivity index (χ1) is 10.7. The van der Waals surface area contributed by atoms with E-state index in [2.05, 4.69) is 23.6 Å². The number of hydrogen-bond acceptors (Lipinski definition) is 2. The normalized spacial score (nSPS) is 24.6. The third-order valence-corrected chi connectivity index (χ3v) is 5.44. The maximum atomic E-state index is 12.7. The van der Waals surface area contributed by atoms with Gasteiger partial charge in [-0.15, -0.1) is 0 Å². The molecule has 0 aromatic heterocycles. The van der Waals surface area contributed by atoms with Gasteiger partial charge in [0.1, 0.15) is 0 Å². The van der Waals surface area contributed by atoms with Crippen LogP contribution >= 0.6 is 0 Å². The number of piperidine rings is 1. The zero-order valence-electron chi connectivity index (χ0n) is 14.9. The lowest BCUT2D eigenvalue weighted by molar-refractivity contribution is -0.136. The fourth-order valence-electron chi connectivity index (χ4n) is 4.04. The van der Waals surface area contributed by atoms with Gasteiger partial charge in [-0.3, -0.25) is 4.79 Å². The van der Waals surface area contributed by atoms with Crippen molar-refractivity contribution in [2.24, 2.45) is 5.92 Å². The molecule has 2 aliphatic heterocycles. The highest BCUT2D eigenvalue weighted by Crippen LogP contribution is 2.23. The molecular weight excluding hydrogens is 272 g/mol. The highest BCUT2D eigenvalue weighted by molar-refractivity contribution is 5.76. The van der Waals surface area contributed by atoms with Gasteiger partial charge in [0, 0.05) is 25.6 Å². The Labute approximate surface area is 137 Å². The average Bonchev–Trinajstić information content (AvgIpc) is 3.01. The zero-order valence-corrected chi connectivity index (χ0v) is 14.9. The van der Waals surface area contributed by atoms with Crippen LogP contribution in [-0.4, -0.2) is 47.9 Å². The van der Waals surface area contributed by atoms with Crippen molar-refractivity contribution >= 4 is 5.91 Å². The summed E-state index contributed by atoms with van der Waals surface area (Å²) in [6.07, 6.45) is 12.2. The number of likely N-dealkylation sites (tertiary alicyclic amines) is 2. The summed E-state index contributed by atoms with van der Waals surface area (Å²) in [5.41, 5.74) is 0. The van der Waals surface area contributed by atoms with Crippen molar-refractivity contribution in [3.8, 4) is 0 Å². The smallest absolute Gasteiger partial charge is 0.223 e.